The number of alkyl halides is 3. The van der Waals surface area contributed by atoms with Gasteiger partial charge < -0.3 is 10.1 Å². The Hall–Kier alpha value is -2.75. The summed E-state index contributed by atoms with van der Waals surface area (Å²) in [4.78, 5) is 3.89. The molecule has 0 amide bonds. The number of anilines is 1. The normalized spacial score (nSPS) is 10.8. The van der Waals surface area contributed by atoms with Crippen molar-refractivity contribution >= 4 is 5.82 Å². The summed E-state index contributed by atoms with van der Waals surface area (Å²) < 4.78 is 43.7. The Balaban J connectivity index is 2.42. The first-order valence-electron chi connectivity index (χ1n) is 5.88. The van der Waals surface area contributed by atoms with Gasteiger partial charge in [0, 0.05) is 13.1 Å². The van der Waals surface area contributed by atoms with Gasteiger partial charge >= 0.3 is 6.18 Å². The van der Waals surface area contributed by atoms with E-state index >= 15 is 0 Å². The SMILES string of the molecule is CNc1cc(C(F)(F)F)cc(Oc2ccccc2C#N)n1. The quantitative estimate of drug-likeness (QED) is 0.935. The van der Waals surface area contributed by atoms with Crippen LogP contribution < -0.4 is 10.1 Å². The molecule has 1 aromatic heterocycles. The highest BCUT2D eigenvalue weighted by Crippen LogP contribution is 2.34. The second-order valence-electron chi connectivity index (χ2n) is 4.04. The predicted octanol–water partition coefficient (Wildman–Crippen LogP) is 3.81. The third-order valence-corrected chi connectivity index (χ3v) is 2.61. The van der Waals surface area contributed by atoms with Crippen molar-refractivity contribution in [2.75, 3.05) is 12.4 Å². The van der Waals surface area contributed by atoms with Gasteiger partial charge in [-0.3, -0.25) is 0 Å². The van der Waals surface area contributed by atoms with Crippen molar-refractivity contribution in [1.29, 1.82) is 5.26 Å². The topological polar surface area (TPSA) is 57.9 Å². The molecular formula is C14H10F3N3O. The van der Waals surface area contributed by atoms with Crippen molar-refractivity contribution in [1.82, 2.24) is 4.98 Å². The zero-order chi connectivity index (χ0) is 15.5. The van der Waals surface area contributed by atoms with Gasteiger partial charge in [0.15, 0.2) is 0 Å². The van der Waals surface area contributed by atoms with Gasteiger partial charge in [0.25, 0.3) is 0 Å². The largest absolute Gasteiger partial charge is 0.438 e. The van der Waals surface area contributed by atoms with Crippen LogP contribution in [0.1, 0.15) is 11.1 Å². The average molecular weight is 293 g/mol. The molecule has 0 fully saturated rings. The lowest BCUT2D eigenvalue weighted by atomic mass is 10.2. The van der Waals surface area contributed by atoms with Crippen LogP contribution in [0.5, 0.6) is 11.6 Å². The van der Waals surface area contributed by atoms with Crippen LogP contribution in [0.4, 0.5) is 19.0 Å². The Morgan fingerprint density at radius 2 is 1.95 bits per heavy atom. The molecule has 0 saturated heterocycles. The van der Waals surface area contributed by atoms with Crippen LogP contribution >= 0.6 is 0 Å². The predicted molar refractivity (Wildman–Crippen MR) is 70.0 cm³/mol. The standard InChI is InChI=1S/C14H10F3N3O/c1-19-12-6-10(14(15,16)17)7-13(20-12)21-11-5-3-2-4-9(11)8-18/h2-7H,1H3,(H,19,20). The molecule has 0 aliphatic heterocycles. The number of ether oxygens (including phenoxy) is 1. The maximum absolute atomic E-state index is 12.8. The molecule has 1 heterocycles. The number of nitriles is 1. The minimum atomic E-state index is -4.51. The molecule has 2 aromatic rings. The first-order chi connectivity index (χ1) is 9.94. The van der Waals surface area contributed by atoms with Gasteiger partial charge in [-0.05, 0) is 18.2 Å². The molecule has 0 bridgehead atoms. The minimum absolute atomic E-state index is 0.0225. The van der Waals surface area contributed by atoms with Crippen LogP contribution in [0.3, 0.4) is 0 Å². The average Bonchev–Trinajstić information content (AvgIpc) is 2.46. The van der Waals surface area contributed by atoms with Crippen LogP contribution in [-0.2, 0) is 6.18 Å². The number of benzene rings is 1. The molecule has 1 aromatic carbocycles. The first-order valence-corrected chi connectivity index (χ1v) is 5.88. The van der Waals surface area contributed by atoms with Crippen LogP contribution in [0.2, 0.25) is 0 Å². The number of halogens is 3. The molecule has 1 N–H and O–H groups in total. The van der Waals surface area contributed by atoms with E-state index in [4.69, 9.17) is 10.00 Å². The number of hydrogen-bond acceptors (Lipinski definition) is 4. The minimum Gasteiger partial charge on any atom is -0.438 e. The summed E-state index contributed by atoms with van der Waals surface area (Å²) in [6, 6.07) is 9.79. The van der Waals surface area contributed by atoms with Crippen molar-refractivity contribution < 1.29 is 17.9 Å². The third-order valence-electron chi connectivity index (χ3n) is 2.61. The van der Waals surface area contributed by atoms with Crippen LogP contribution in [-0.4, -0.2) is 12.0 Å². The molecule has 2 rings (SSSR count). The highest BCUT2D eigenvalue weighted by atomic mass is 19.4. The number of pyridine rings is 1. The van der Waals surface area contributed by atoms with Crippen LogP contribution in [0, 0.1) is 11.3 Å². The molecule has 7 heteroatoms. The van der Waals surface area contributed by atoms with Crippen molar-refractivity contribution in [3.63, 3.8) is 0 Å². The Morgan fingerprint density at radius 3 is 2.57 bits per heavy atom. The van der Waals surface area contributed by atoms with Gasteiger partial charge in [-0.1, -0.05) is 12.1 Å². The highest BCUT2D eigenvalue weighted by Gasteiger charge is 2.32. The van der Waals surface area contributed by atoms with E-state index in [2.05, 4.69) is 10.3 Å². The summed E-state index contributed by atoms with van der Waals surface area (Å²) >= 11 is 0. The molecule has 0 unspecified atom stereocenters. The van der Waals surface area contributed by atoms with E-state index in [0.29, 0.717) is 0 Å². The Morgan fingerprint density at radius 1 is 1.24 bits per heavy atom. The molecule has 21 heavy (non-hydrogen) atoms. The van der Waals surface area contributed by atoms with E-state index in [1.165, 1.54) is 19.2 Å². The molecule has 0 radical (unpaired) electrons. The van der Waals surface area contributed by atoms with E-state index in [-0.39, 0.29) is 23.0 Å². The monoisotopic (exact) mass is 293 g/mol. The number of para-hydroxylation sites is 1. The molecule has 108 valence electrons. The van der Waals surface area contributed by atoms with Gasteiger partial charge in [-0.25, -0.2) is 0 Å². The number of nitrogens with one attached hydrogen (secondary N) is 1. The summed E-state index contributed by atoms with van der Waals surface area (Å²) in [5.41, 5.74) is -0.672. The van der Waals surface area contributed by atoms with Gasteiger partial charge in [0.2, 0.25) is 5.88 Å². The lowest BCUT2D eigenvalue weighted by Crippen LogP contribution is -2.07. The smallest absolute Gasteiger partial charge is 0.416 e. The number of hydrogen-bond donors (Lipinski definition) is 1. The van der Waals surface area contributed by atoms with Crippen molar-refractivity contribution in [3.8, 4) is 17.7 Å². The zero-order valence-corrected chi connectivity index (χ0v) is 10.9. The maximum atomic E-state index is 12.8. The molecule has 0 aliphatic rings. The van der Waals surface area contributed by atoms with Crippen molar-refractivity contribution in [3.05, 3.63) is 47.5 Å². The Labute approximate surface area is 118 Å². The van der Waals surface area contributed by atoms with Crippen molar-refractivity contribution in [2.24, 2.45) is 0 Å². The summed E-state index contributed by atoms with van der Waals surface area (Å²) in [5, 5.41) is 11.5. The number of rotatable bonds is 3. The van der Waals surface area contributed by atoms with Gasteiger partial charge in [0.05, 0.1) is 11.1 Å². The fourth-order valence-electron chi connectivity index (χ4n) is 1.61. The first kappa shape index (κ1) is 14.7. The van der Waals surface area contributed by atoms with E-state index in [1.807, 2.05) is 6.07 Å². The van der Waals surface area contributed by atoms with Crippen LogP contribution in [0.25, 0.3) is 0 Å². The molecule has 0 atom stereocenters. The second-order valence-corrected chi connectivity index (χ2v) is 4.04. The van der Waals surface area contributed by atoms with Gasteiger partial charge in [-0.15, -0.1) is 0 Å². The van der Waals surface area contributed by atoms with Crippen LogP contribution in [0.15, 0.2) is 36.4 Å². The van der Waals surface area contributed by atoms with E-state index in [9.17, 15) is 13.2 Å². The van der Waals surface area contributed by atoms with E-state index in [1.54, 1.807) is 12.1 Å². The Kier molecular flexibility index (Phi) is 3.98. The van der Waals surface area contributed by atoms with E-state index in [0.717, 1.165) is 12.1 Å². The molecule has 0 spiro atoms. The molecular weight excluding hydrogens is 283 g/mol. The van der Waals surface area contributed by atoms with Crippen molar-refractivity contribution in [2.45, 2.75) is 6.18 Å². The summed E-state index contributed by atoms with van der Waals surface area (Å²) in [6.07, 6.45) is -4.51. The second kappa shape index (κ2) is 5.71. The molecule has 0 aliphatic carbocycles. The maximum Gasteiger partial charge on any atom is 0.416 e. The zero-order valence-electron chi connectivity index (χ0n) is 10.9. The molecule has 4 nitrogen and oxygen atoms in total. The summed E-state index contributed by atoms with van der Waals surface area (Å²) in [5.74, 6) is -0.0694. The van der Waals surface area contributed by atoms with Gasteiger partial charge in [-0.2, -0.15) is 23.4 Å². The third kappa shape index (κ3) is 3.42. The van der Waals surface area contributed by atoms with E-state index < -0.39 is 11.7 Å². The van der Waals surface area contributed by atoms with Gasteiger partial charge in [0.1, 0.15) is 17.6 Å². The summed E-state index contributed by atoms with van der Waals surface area (Å²) in [6.45, 7) is 0. The lowest BCUT2D eigenvalue weighted by Gasteiger charge is -2.12. The number of nitrogens with zero attached hydrogens (tertiary/aromatic N) is 2. The highest BCUT2D eigenvalue weighted by molar-refractivity contribution is 5.47. The fraction of sp³-hybridized carbons (Fsp3) is 0.143. The number of aromatic nitrogens is 1. The fourth-order valence-corrected chi connectivity index (χ4v) is 1.61. The molecule has 0 saturated carbocycles. The lowest BCUT2D eigenvalue weighted by molar-refractivity contribution is -0.137. The Bertz CT molecular complexity index is 693. The summed E-state index contributed by atoms with van der Waals surface area (Å²) in [7, 11) is 1.45.